The lowest BCUT2D eigenvalue weighted by Gasteiger charge is -2.31. The number of benzene rings is 1. The zero-order chi connectivity index (χ0) is 20.5. The van der Waals surface area contributed by atoms with Crippen LogP contribution in [0.1, 0.15) is 32.8 Å². The molecule has 28 heavy (non-hydrogen) atoms. The Morgan fingerprint density at radius 2 is 1.79 bits per heavy atom. The molecule has 3 atom stereocenters. The maximum absolute atomic E-state index is 12.6. The standard InChI is InChI=1S/C20H26N2O6/c1-20(2,3)28-19(26)22-15(17(23)24)9-14-10-21(11-16(14)22)18(25)27-12-13-7-5-4-6-8-13/h4-8,14-16H,9-12H2,1-3H3,(H,23,24)/t14-,15-,16-/m1/s1. The van der Waals surface area contributed by atoms with Crippen LogP contribution in [0.25, 0.3) is 0 Å². The maximum Gasteiger partial charge on any atom is 0.411 e. The summed E-state index contributed by atoms with van der Waals surface area (Å²) in [6.45, 7) is 5.96. The zero-order valence-corrected chi connectivity index (χ0v) is 16.3. The molecule has 2 heterocycles. The molecule has 2 saturated heterocycles. The summed E-state index contributed by atoms with van der Waals surface area (Å²) in [4.78, 5) is 39.5. The van der Waals surface area contributed by atoms with Crippen molar-refractivity contribution in [3.63, 3.8) is 0 Å². The van der Waals surface area contributed by atoms with E-state index in [2.05, 4.69) is 0 Å². The van der Waals surface area contributed by atoms with Crippen molar-refractivity contribution in [1.29, 1.82) is 0 Å². The van der Waals surface area contributed by atoms with E-state index in [0.717, 1.165) is 5.56 Å². The zero-order valence-electron chi connectivity index (χ0n) is 16.3. The van der Waals surface area contributed by atoms with E-state index in [1.54, 1.807) is 20.8 Å². The highest BCUT2D eigenvalue weighted by Gasteiger charge is 2.53. The van der Waals surface area contributed by atoms with Crippen LogP contribution in [0, 0.1) is 5.92 Å². The molecular weight excluding hydrogens is 364 g/mol. The number of ether oxygens (including phenoxy) is 2. The molecule has 1 N–H and O–H groups in total. The van der Waals surface area contributed by atoms with E-state index in [-0.39, 0.29) is 25.1 Å². The fraction of sp³-hybridized carbons (Fsp3) is 0.550. The Labute approximate surface area is 164 Å². The first-order valence-electron chi connectivity index (χ1n) is 9.35. The highest BCUT2D eigenvalue weighted by atomic mass is 16.6. The van der Waals surface area contributed by atoms with Gasteiger partial charge in [0, 0.05) is 19.0 Å². The Kier molecular flexibility index (Phi) is 5.49. The third-order valence-corrected chi connectivity index (χ3v) is 4.98. The molecule has 152 valence electrons. The highest BCUT2D eigenvalue weighted by molar-refractivity contribution is 5.81. The summed E-state index contributed by atoms with van der Waals surface area (Å²) in [5.74, 6) is -1.17. The predicted octanol–water partition coefficient (Wildman–Crippen LogP) is 2.72. The molecule has 0 bridgehead atoms. The van der Waals surface area contributed by atoms with E-state index >= 15 is 0 Å². The highest BCUT2D eigenvalue weighted by Crippen LogP contribution is 2.37. The molecule has 2 fully saturated rings. The number of hydrogen-bond donors (Lipinski definition) is 1. The fourth-order valence-electron chi connectivity index (χ4n) is 3.79. The van der Waals surface area contributed by atoms with Gasteiger partial charge in [-0.25, -0.2) is 14.4 Å². The molecule has 1 aromatic carbocycles. The van der Waals surface area contributed by atoms with Gasteiger partial charge < -0.3 is 19.5 Å². The Morgan fingerprint density at radius 3 is 2.39 bits per heavy atom. The van der Waals surface area contributed by atoms with Gasteiger partial charge in [0.15, 0.2) is 0 Å². The Hall–Kier alpha value is -2.77. The minimum absolute atomic E-state index is 0.113. The summed E-state index contributed by atoms with van der Waals surface area (Å²) in [5, 5.41) is 9.52. The van der Waals surface area contributed by atoms with Crippen molar-refractivity contribution in [3.05, 3.63) is 35.9 Å². The number of carbonyl (C=O) groups is 3. The molecule has 8 heteroatoms. The van der Waals surface area contributed by atoms with Crippen LogP contribution in [-0.4, -0.2) is 63.8 Å². The van der Waals surface area contributed by atoms with Crippen molar-refractivity contribution in [3.8, 4) is 0 Å². The number of carboxylic acid groups (broad SMARTS) is 1. The number of hydrogen-bond acceptors (Lipinski definition) is 5. The van der Waals surface area contributed by atoms with E-state index in [4.69, 9.17) is 9.47 Å². The monoisotopic (exact) mass is 390 g/mol. The number of carboxylic acids is 1. The lowest BCUT2D eigenvalue weighted by atomic mass is 10.0. The van der Waals surface area contributed by atoms with Crippen LogP contribution in [0.15, 0.2) is 30.3 Å². The van der Waals surface area contributed by atoms with Crippen molar-refractivity contribution in [2.75, 3.05) is 13.1 Å². The molecule has 2 aliphatic heterocycles. The molecule has 0 aliphatic carbocycles. The Balaban J connectivity index is 1.65. The molecule has 0 saturated carbocycles. The van der Waals surface area contributed by atoms with Gasteiger partial charge in [-0.2, -0.15) is 0 Å². The van der Waals surface area contributed by atoms with Crippen LogP contribution >= 0.6 is 0 Å². The van der Waals surface area contributed by atoms with Gasteiger partial charge in [-0.1, -0.05) is 30.3 Å². The second kappa shape index (κ2) is 7.69. The summed E-state index contributed by atoms with van der Waals surface area (Å²) in [6.07, 6.45) is -0.831. The van der Waals surface area contributed by atoms with Crippen LogP contribution in [-0.2, 0) is 20.9 Å². The quantitative estimate of drug-likeness (QED) is 0.852. The van der Waals surface area contributed by atoms with Crippen LogP contribution in [0.5, 0.6) is 0 Å². The van der Waals surface area contributed by atoms with Crippen molar-refractivity contribution in [2.24, 2.45) is 5.92 Å². The number of fused-ring (bicyclic) bond motifs is 1. The average molecular weight is 390 g/mol. The Bertz CT molecular complexity index is 745. The lowest BCUT2D eigenvalue weighted by molar-refractivity contribution is -0.142. The van der Waals surface area contributed by atoms with E-state index < -0.39 is 29.8 Å². The van der Waals surface area contributed by atoms with E-state index in [0.29, 0.717) is 13.0 Å². The molecule has 0 radical (unpaired) electrons. The first kappa shape index (κ1) is 20.0. The van der Waals surface area contributed by atoms with Gasteiger partial charge in [0.05, 0.1) is 6.04 Å². The summed E-state index contributed by atoms with van der Waals surface area (Å²) in [5.41, 5.74) is 0.155. The first-order chi connectivity index (χ1) is 13.2. The van der Waals surface area contributed by atoms with E-state index in [9.17, 15) is 19.5 Å². The number of nitrogens with zero attached hydrogens (tertiary/aromatic N) is 2. The van der Waals surface area contributed by atoms with Crippen LogP contribution in [0.3, 0.4) is 0 Å². The lowest BCUT2D eigenvalue weighted by Crippen LogP contribution is -2.49. The van der Waals surface area contributed by atoms with Crippen molar-refractivity contribution >= 4 is 18.2 Å². The smallest absolute Gasteiger partial charge is 0.411 e. The van der Waals surface area contributed by atoms with Gasteiger partial charge in [0.25, 0.3) is 0 Å². The van der Waals surface area contributed by atoms with Crippen molar-refractivity contribution in [2.45, 2.75) is 51.5 Å². The van der Waals surface area contributed by atoms with Gasteiger partial charge in [0.2, 0.25) is 0 Å². The average Bonchev–Trinajstić information content (AvgIpc) is 3.16. The van der Waals surface area contributed by atoms with E-state index in [1.807, 2.05) is 30.3 Å². The largest absolute Gasteiger partial charge is 0.480 e. The molecule has 2 aliphatic rings. The minimum Gasteiger partial charge on any atom is -0.480 e. The molecule has 2 amide bonds. The van der Waals surface area contributed by atoms with E-state index in [1.165, 1.54) is 9.80 Å². The number of rotatable bonds is 3. The van der Waals surface area contributed by atoms with Gasteiger partial charge >= 0.3 is 18.2 Å². The number of carbonyl (C=O) groups excluding carboxylic acids is 2. The second-order valence-electron chi connectivity index (χ2n) is 8.25. The molecule has 0 spiro atoms. The number of likely N-dealkylation sites (tertiary alicyclic amines) is 2. The van der Waals surface area contributed by atoms with Gasteiger partial charge in [-0.3, -0.25) is 4.90 Å². The molecule has 0 unspecified atom stereocenters. The topological polar surface area (TPSA) is 96.4 Å². The summed E-state index contributed by atoms with van der Waals surface area (Å²) >= 11 is 0. The van der Waals surface area contributed by atoms with Gasteiger partial charge in [-0.05, 0) is 32.8 Å². The molecule has 3 rings (SSSR count). The third kappa shape index (κ3) is 4.37. The predicted molar refractivity (Wildman–Crippen MR) is 99.6 cm³/mol. The Morgan fingerprint density at radius 1 is 1.11 bits per heavy atom. The fourth-order valence-corrected chi connectivity index (χ4v) is 3.79. The SMILES string of the molecule is CC(C)(C)OC(=O)N1[C@@H](C(=O)O)C[C@@H]2CN(C(=O)OCc3ccccc3)C[C@H]21. The number of amides is 2. The second-order valence-corrected chi connectivity index (χ2v) is 8.25. The molecule has 8 nitrogen and oxygen atoms in total. The van der Waals surface area contributed by atoms with Gasteiger partial charge in [-0.15, -0.1) is 0 Å². The van der Waals surface area contributed by atoms with Crippen LogP contribution in [0.2, 0.25) is 0 Å². The molecular formula is C20H26N2O6. The third-order valence-electron chi connectivity index (χ3n) is 4.98. The van der Waals surface area contributed by atoms with Gasteiger partial charge in [0.1, 0.15) is 18.2 Å². The first-order valence-corrected chi connectivity index (χ1v) is 9.35. The molecule has 0 aromatic heterocycles. The van der Waals surface area contributed by atoms with Crippen molar-refractivity contribution in [1.82, 2.24) is 9.80 Å². The van der Waals surface area contributed by atoms with Crippen LogP contribution < -0.4 is 0 Å². The summed E-state index contributed by atoms with van der Waals surface area (Å²) in [7, 11) is 0. The normalized spacial score (nSPS) is 24.0. The summed E-state index contributed by atoms with van der Waals surface area (Å²) in [6, 6.07) is 8.04. The molecule has 1 aromatic rings. The maximum atomic E-state index is 12.6. The number of aliphatic carboxylic acids is 1. The van der Waals surface area contributed by atoms with Crippen molar-refractivity contribution < 1.29 is 29.0 Å². The van der Waals surface area contributed by atoms with Crippen LogP contribution in [0.4, 0.5) is 9.59 Å². The summed E-state index contributed by atoms with van der Waals surface area (Å²) < 4.78 is 10.8. The minimum atomic E-state index is -1.06.